The van der Waals surface area contributed by atoms with Crippen molar-refractivity contribution in [1.29, 1.82) is 0 Å². The molecule has 1 aromatic carbocycles. The molecule has 1 atom stereocenters. The summed E-state index contributed by atoms with van der Waals surface area (Å²) >= 11 is 2.54. The van der Waals surface area contributed by atoms with Crippen LogP contribution in [0.3, 0.4) is 0 Å². The quantitative estimate of drug-likeness (QED) is 0.790. The highest BCUT2D eigenvalue weighted by Gasteiger charge is 2.18. The van der Waals surface area contributed by atoms with E-state index < -0.39 is 0 Å². The number of nitrogens with zero attached hydrogens (tertiary/aromatic N) is 2. The minimum Gasteiger partial charge on any atom is -0.374 e. The van der Waals surface area contributed by atoms with Crippen LogP contribution in [-0.2, 0) is 4.79 Å². The van der Waals surface area contributed by atoms with Crippen LogP contribution in [0.25, 0.3) is 0 Å². The third-order valence-electron chi connectivity index (χ3n) is 2.96. The maximum absolute atomic E-state index is 13.0. The second kappa shape index (κ2) is 7.55. The van der Waals surface area contributed by atoms with E-state index in [4.69, 9.17) is 5.73 Å². The maximum Gasteiger partial charge on any atom is 0.230 e. The van der Waals surface area contributed by atoms with E-state index in [-0.39, 0.29) is 29.4 Å². The van der Waals surface area contributed by atoms with Crippen LogP contribution in [0.5, 0.6) is 0 Å². The van der Waals surface area contributed by atoms with Gasteiger partial charge < -0.3 is 11.1 Å². The van der Waals surface area contributed by atoms with E-state index in [0.717, 1.165) is 5.56 Å². The lowest BCUT2D eigenvalue weighted by molar-refractivity contribution is -0.119. The lowest BCUT2D eigenvalue weighted by atomic mass is 9.96. The molecule has 1 unspecified atom stereocenters. The van der Waals surface area contributed by atoms with Crippen LogP contribution in [0.2, 0.25) is 0 Å². The fraction of sp³-hybridized carbons (Fsp3) is 0.357. The summed E-state index contributed by atoms with van der Waals surface area (Å²) in [5.74, 6) is 0.0272. The fourth-order valence-corrected chi connectivity index (χ4v) is 3.37. The highest BCUT2D eigenvalue weighted by atomic mass is 32.2. The minimum absolute atomic E-state index is 0.109. The van der Waals surface area contributed by atoms with Gasteiger partial charge in [0.2, 0.25) is 11.0 Å². The number of carbonyl (C=O) groups is 1. The van der Waals surface area contributed by atoms with E-state index in [1.165, 1.54) is 35.2 Å². The first-order valence-corrected chi connectivity index (χ1v) is 8.52. The van der Waals surface area contributed by atoms with Gasteiger partial charge in [-0.05, 0) is 23.6 Å². The van der Waals surface area contributed by atoms with Gasteiger partial charge in [0.1, 0.15) is 5.82 Å². The van der Waals surface area contributed by atoms with E-state index >= 15 is 0 Å². The Bertz CT molecular complexity index is 630. The fourth-order valence-electron chi connectivity index (χ4n) is 1.93. The summed E-state index contributed by atoms with van der Waals surface area (Å²) in [6, 6.07) is 6.02. The molecular weight excluding hydrogens is 323 g/mol. The summed E-state index contributed by atoms with van der Waals surface area (Å²) < 4.78 is 13.7. The highest BCUT2D eigenvalue weighted by Crippen LogP contribution is 2.25. The Labute approximate surface area is 136 Å². The Balaban J connectivity index is 1.95. The molecule has 2 aromatic rings. The van der Waals surface area contributed by atoms with Crippen LogP contribution in [-0.4, -0.2) is 21.9 Å². The van der Waals surface area contributed by atoms with Crippen LogP contribution >= 0.6 is 23.1 Å². The van der Waals surface area contributed by atoms with Gasteiger partial charge >= 0.3 is 0 Å². The SMILES string of the molecule is CC(C)C(NC(=O)CSc1nnc(N)s1)c1ccc(F)cc1. The Morgan fingerprint density at radius 1 is 1.36 bits per heavy atom. The molecule has 0 aliphatic carbocycles. The number of nitrogens with one attached hydrogen (secondary N) is 1. The zero-order chi connectivity index (χ0) is 16.1. The largest absolute Gasteiger partial charge is 0.374 e. The second-order valence-corrected chi connectivity index (χ2v) is 7.27. The molecule has 0 saturated carbocycles. The number of anilines is 1. The van der Waals surface area contributed by atoms with Crippen molar-refractivity contribution in [3.8, 4) is 0 Å². The van der Waals surface area contributed by atoms with Gasteiger partial charge in [0.25, 0.3) is 0 Å². The van der Waals surface area contributed by atoms with Gasteiger partial charge in [-0.25, -0.2) is 4.39 Å². The minimum atomic E-state index is -0.290. The number of benzene rings is 1. The number of amides is 1. The molecule has 22 heavy (non-hydrogen) atoms. The van der Waals surface area contributed by atoms with E-state index in [0.29, 0.717) is 9.47 Å². The smallest absolute Gasteiger partial charge is 0.230 e. The Morgan fingerprint density at radius 3 is 2.59 bits per heavy atom. The van der Waals surface area contributed by atoms with Crippen LogP contribution in [0, 0.1) is 11.7 Å². The van der Waals surface area contributed by atoms with Gasteiger partial charge in [0.05, 0.1) is 11.8 Å². The summed E-state index contributed by atoms with van der Waals surface area (Å²) in [5, 5.41) is 10.9. The first-order valence-electron chi connectivity index (χ1n) is 6.72. The van der Waals surface area contributed by atoms with Crippen molar-refractivity contribution in [3.05, 3.63) is 35.6 Å². The molecule has 0 fully saturated rings. The molecule has 8 heteroatoms. The summed E-state index contributed by atoms with van der Waals surface area (Å²) in [6.45, 7) is 4.01. The van der Waals surface area contributed by atoms with Crippen molar-refractivity contribution < 1.29 is 9.18 Å². The number of rotatable bonds is 6. The van der Waals surface area contributed by atoms with Gasteiger partial charge in [-0.3, -0.25) is 4.79 Å². The molecule has 3 N–H and O–H groups in total. The zero-order valence-corrected chi connectivity index (χ0v) is 13.9. The summed E-state index contributed by atoms with van der Waals surface area (Å²) in [4.78, 5) is 12.1. The average molecular weight is 340 g/mol. The van der Waals surface area contributed by atoms with Crippen molar-refractivity contribution in [2.45, 2.75) is 24.2 Å². The van der Waals surface area contributed by atoms with Crippen molar-refractivity contribution in [2.75, 3.05) is 11.5 Å². The number of hydrogen-bond acceptors (Lipinski definition) is 6. The van der Waals surface area contributed by atoms with Crippen LogP contribution in [0.15, 0.2) is 28.6 Å². The summed E-state index contributed by atoms with van der Waals surface area (Å²) in [7, 11) is 0. The molecule has 0 saturated heterocycles. The maximum atomic E-state index is 13.0. The third kappa shape index (κ3) is 4.67. The van der Waals surface area contributed by atoms with Gasteiger partial charge in [0.15, 0.2) is 4.34 Å². The lowest BCUT2D eigenvalue weighted by Crippen LogP contribution is -2.32. The van der Waals surface area contributed by atoms with Gasteiger partial charge in [-0.15, -0.1) is 10.2 Å². The van der Waals surface area contributed by atoms with Crippen LogP contribution < -0.4 is 11.1 Å². The molecule has 1 heterocycles. The van der Waals surface area contributed by atoms with Gasteiger partial charge in [-0.1, -0.05) is 49.1 Å². The molecular formula is C14H17FN4OS2. The molecule has 0 aliphatic rings. The standard InChI is InChI=1S/C14H17FN4OS2/c1-8(2)12(9-3-5-10(15)6-4-9)17-11(20)7-21-14-19-18-13(16)22-14/h3-6,8,12H,7H2,1-2H3,(H2,16,18)(H,17,20). The van der Waals surface area contributed by atoms with Gasteiger partial charge in [0, 0.05) is 0 Å². The number of thioether (sulfide) groups is 1. The van der Waals surface area contributed by atoms with Crippen molar-refractivity contribution in [1.82, 2.24) is 15.5 Å². The normalized spacial score (nSPS) is 12.4. The summed E-state index contributed by atoms with van der Waals surface area (Å²) in [6.07, 6.45) is 0. The molecule has 1 amide bonds. The first kappa shape index (κ1) is 16.7. The lowest BCUT2D eigenvalue weighted by Gasteiger charge is -2.22. The van der Waals surface area contributed by atoms with Crippen LogP contribution in [0.1, 0.15) is 25.5 Å². The number of nitrogens with two attached hydrogens (primary N) is 1. The molecule has 5 nitrogen and oxygen atoms in total. The zero-order valence-electron chi connectivity index (χ0n) is 12.2. The first-order chi connectivity index (χ1) is 10.5. The second-order valence-electron chi connectivity index (χ2n) is 5.04. The van der Waals surface area contributed by atoms with Crippen molar-refractivity contribution >= 4 is 34.1 Å². The summed E-state index contributed by atoms with van der Waals surface area (Å²) in [5.41, 5.74) is 6.38. The molecule has 118 valence electrons. The molecule has 0 spiro atoms. The topological polar surface area (TPSA) is 80.9 Å². The Hall–Kier alpha value is -1.67. The Kier molecular flexibility index (Phi) is 5.73. The predicted molar refractivity (Wildman–Crippen MR) is 87.2 cm³/mol. The van der Waals surface area contributed by atoms with Crippen LogP contribution in [0.4, 0.5) is 9.52 Å². The Morgan fingerprint density at radius 2 is 2.05 bits per heavy atom. The molecule has 0 aliphatic heterocycles. The molecule has 2 rings (SSSR count). The van der Waals surface area contributed by atoms with Gasteiger partial charge in [-0.2, -0.15) is 0 Å². The van der Waals surface area contributed by atoms with E-state index in [9.17, 15) is 9.18 Å². The van der Waals surface area contributed by atoms with Crippen molar-refractivity contribution in [2.24, 2.45) is 5.92 Å². The monoisotopic (exact) mass is 340 g/mol. The molecule has 0 radical (unpaired) electrons. The van der Waals surface area contributed by atoms with E-state index in [2.05, 4.69) is 15.5 Å². The van der Waals surface area contributed by atoms with E-state index in [1.54, 1.807) is 12.1 Å². The molecule has 1 aromatic heterocycles. The number of carbonyl (C=O) groups excluding carboxylic acids is 1. The third-order valence-corrected chi connectivity index (χ3v) is 4.85. The highest BCUT2D eigenvalue weighted by molar-refractivity contribution is 8.01. The molecule has 0 bridgehead atoms. The number of hydrogen-bond donors (Lipinski definition) is 2. The number of aromatic nitrogens is 2. The van der Waals surface area contributed by atoms with Crippen molar-refractivity contribution in [3.63, 3.8) is 0 Å². The number of halogens is 1. The van der Waals surface area contributed by atoms with E-state index in [1.807, 2.05) is 13.8 Å². The average Bonchev–Trinajstić information content (AvgIpc) is 2.89. The predicted octanol–water partition coefficient (Wildman–Crippen LogP) is 2.87. The number of nitrogen functional groups attached to an aromatic ring is 1.